The largest absolute Gasteiger partial charge is 0.491 e. The van der Waals surface area contributed by atoms with Crippen LogP contribution in [0.15, 0.2) is 42.6 Å². The third kappa shape index (κ3) is 7.93. The molecule has 11 heteroatoms. The molecule has 0 radical (unpaired) electrons. The summed E-state index contributed by atoms with van der Waals surface area (Å²) in [5, 5.41) is 21.4. The highest BCUT2D eigenvalue weighted by Crippen LogP contribution is 2.14. The maximum absolute atomic E-state index is 12.4. The number of hydrogen-bond acceptors (Lipinski definition) is 8. The van der Waals surface area contributed by atoms with Gasteiger partial charge in [0.25, 0.3) is 5.91 Å². The van der Waals surface area contributed by atoms with Crippen LogP contribution in [0.4, 0.5) is 5.82 Å². The fraction of sp³-hybridized carbons (Fsp3) is 0.391. The van der Waals surface area contributed by atoms with Crippen LogP contribution in [0.2, 0.25) is 0 Å². The van der Waals surface area contributed by atoms with Gasteiger partial charge in [-0.05, 0) is 49.1 Å². The van der Waals surface area contributed by atoms with Crippen molar-refractivity contribution in [3.63, 3.8) is 0 Å². The van der Waals surface area contributed by atoms with Crippen LogP contribution in [0.25, 0.3) is 0 Å². The van der Waals surface area contributed by atoms with Crippen molar-refractivity contribution in [1.82, 2.24) is 30.5 Å². The number of aromatic nitrogens is 5. The van der Waals surface area contributed by atoms with Crippen molar-refractivity contribution >= 4 is 17.6 Å². The van der Waals surface area contributed by atoms with Crippen molar-refractivity contribution in [2.75, 3.05) is 32.7 Å². The molecular weight excluding hydrogens is 438 g/mol. The van der Waals surface area contributed by atoms with Gasteiger partial charge in [0, 0.05) is 20.7 Å². The van der Waals surface area contributed by atoms with Crippen molar-refractivity contribution in [1.29, 1.82) is 0 Å². The molecular formula is C23H29N7O4. The summed E-state index contributed by atoms with van der Waals surface area (Å²) in [6, 6.07) is 11.0. The van der Waals surface area contributed by atoms with Gasteiger partial charge in [-0.2, -0.15) is 5.10 Å². The van der Waals surface area contributed by atoms with E-state index in [0.717, 1.165) is 30.5 Å². The summed E-state index contributed by atoms with van der Waals surface area (Å²) >= 11 is 0. The zero-order valence-corrected chi connectivity index (χ0v) is 19.4. The smallest absolute Gasteiger partial charge is 0.273 e. The van der Waals surface area contributed by atoms with E-state index in [1.165, 1.54) is 0 Å². The van der Waals surface area contributed by atoms with E-state index in [0.29, 0.717) is 37.0 Å². The molecule has 2 N–H and O–H groups in total. The van der Waals surface area contributed by atoms with Crippen LogP contribution in [0.3, 0.4) is 0 Å². The second-order valence-corrected chi connectivity index (χ2v) is 7.53. The maximum atomic E-state index is 12.4. The number of aryl methyl sites for hydroxylation is 2. The highest BCUT2D eigenvalue weighted by Gasteiger charge is 2.09. The molecule has 180 valence electrons. The average Bonchev–Trinajstić information content (AvgIpc) is 3.32. The Labute approximate surface area is 197 Å². The first-order valence-electron chi connectivity index (χ1n) is 11.0. The van der Waals surface area contributed by atoms with E-state index in [4.69, 9.17) is 9.47 Å². The lowest BCUT2D eigenvalue weighted by Crippen LogP contribution is -2.18. The highest BCUT2D eigenvalue weighted by atomic mass is 16.5. The summed E-state index contributed by atoms with van der Waals surface area (Å²) in [6.45, 7) is 1.61. The number of amides is 2. The van der Waals surface area contributed by atoms with Gasteiger partial charge < -0.3 is 20.1 Å². The Balaban J connectivity index is 1.39. The summed E-state index contributed by atoms with van der Waals surface area (Å²) in [6.07, 6.45) is 4.30. The van der Waals surface area contributed by atoms with Gasteiger partial charge in [-0.15, -0.1) is 10.2 Å². The number of carbonyl (C=O) groups excluding carboxylic acids is 2. The first-order valence-corrected chi connectivity index (χ1v) is 11.0. The predicted molar refractivity (Wildman–Crippen MR) is 125 cm³/mol. The molecule has 2 heterocycles. The molecule has 34 heavy (non-hydrogen) atoms. The third-order valence-corrected chi connectivity index (χ3v) is 4.88. The van der Waals surface area contributed by atoms with Crippen LogP contribution in [0.1, 0.15) is 34.6 Å². The molecule has 0 bridgehead atoms. The monoisotopic (exact) mass is 467 g/mol. The molecule has 11 nitrogen and oxygen atoms in total. The minimum Gasteiger partial charge on any atom is -0.491 e. The van der Waals surface area contributed by atoms with Crippen LogP contribution in [0, 0.1) is 0 Å². The molecule has 3 aromatic rings. The molecule has 0 unspecified atom stereocenters. The normalized spacial score (nSPS) is 10.6. The zero-order chi connectivity index (χ0) is 24.2. The quantitative estimate of drug-likeness (QED) is 0.363. The SMILES string of the molecule is CNC(=O)c1cn(CCCCc2ccc(NC(=O)Cc3cccc(OCCOC)c3)nn2)nn1. The van der Waals surface area contributed by atoms with Crippen LogP contribution in [0.5, 0.6) is 5.75 Å². The molecule has 1 aromatic carbocycles. The molecule has 0 fully saturated rings. The van der Waals surface area contributed by atoms with Crippen molar-refractivity contribution in [2.45, 2.75) is 32.2 Å². The number of nitrogens with one attached hydrogen (secondary N) is 2. The first-order chi connectivity index (χ1) is 16.6. The number of anilines is 1. The summed E-state index contributed by atoms with van der Waals surface area (Å²) < 4.78 is 12.2. The van der Waals surface area contributed by atoms with Crippen LogP contribution < -0.4 is 15.4 Å². The van der Waals surface area contributed by atoms with Crippen molar-refractivity contribution < 1.29 is 19.1 Å². The number of unbranched alkanes of at least 4 members (excludes halogenated alkanes) is 1. The summed E-state index contributed by atoms with van der Waals surface area (Å²) in [7, 11) is 3.17. The van der Waals surface area contributed by atoms with Gasteiger partial charge in [-0.25, -0.2) is 0 Å². The molecule has 0 aliphatic carbocycles. The molecule has 0 spiro atoms. The Morgan fingerprint density at radius 1 is 1.06 bits per heavy atom. The van der Waals surface area contributed by atoms with Gasteiger partial charge >= 0.3 is 0 Å². The van der Waals surface area contributed by atoms with E-state index in [1.807, 2.05) is 30.3 Å². The molecule has 2 amide bonds. The van der Waals surface area contributed by atoms with E-state index in [-0.39, 0.29) is 18.2 Å². The average molecular weight is 468 g/mol. The summed E-state index contributed by atoms with van der Waals surface area (Å²) in [4.78, 5) is 23.9. The van der Waals surface area contributed by atoms with E-state index in [9.17, 15) is 9.59 Å². The first kappa shape index (κ1) is 24.8. The number of ether oxygens (including phenoxy) is 2. The maximum Gasteiger partial charge on any atom is 0.273 e. The zero-order valence-electron chi connectivity index (χ0n) is 19.4. The van der Waals surface area contributed by atoms with E-state index in [2.05, 4.69) is 31.1 Å². The number of hydrogen-bond donors (Lipinski definition) is 2. The second-order valence-electron chi connectivity index (χ2n) is 7.53. The summed E-state index contributed by atoms with van der Waals surface area (Å²) in [5.41, 5.74) is 1.98. The Hall–Kier alpha value is -3.86. The highest BCUT2D eigenvalue weighted by molar-refractivity contribution is 5.91. The van der Waals surface area contributed by atoms with Crippen molar-refractivity contribution in [2.24, 2.45) is 0 Å². The van der Waals surface area contributed by atoms with Crippen LogP contribution in [-0.2, 0) is 28.9 Å². The number of nitrogens with zero attached hydrogens (tertiary/aromatic N) is 5. The third-order valence-electron chi connectivity index (χ3n) is 4.88. The molecule has 3 rings (SSSR count). The van der Waals surface area contributed by atoms with Crippen molar-refractivity contribution in [3.05, 3.63) is 59.5 Å². The topological polar surface area (TPSA) is 133 Å². The standard InChI is InChI=1S/C23H29N7O4/c1-24-23(32)20-16-30(29-27-20)11-4-3-7-18-9-10-21(28-26-18)25-22(31)15-17-6-5-8-19(14-17)34-13-12-33-2/h5-6,8-10,14,16H,3-4,7,11-13,15H2,1-2H3,(H,24,32)(H,25,28,31). The van der Waals surface area contributed by atoms with Crippen LogP contribution in [-0.4, -0.2) is 64.4 Å². The number of rotatable bonds is 13. The predicted octanol–water partition coefficient (Wildman–Crippen LogP) is 1.66. The molecule has 0 saturated carbocycles. The van der Waals surface area contributed by atoms with E-state index < -0.39 is 0 Å². The van der Waals surface area contributed by atoms with Crippen LogP contribution >= 0.6 is 0 Å². The van der Waals surface area contributed by atoms with Gasteiger partial charge in [0.15, 0.2) is 11.5 Å². The van der Waals surface area contributed by atoms with Gasteiger partial charge in [-0.1, -0.05) is 17.3 Å². The number of methoxy groups -OCH3 is 1. The Bertz CT molecular complexity index is 1070. The second kappa shape index (κ2) is 13.0. The van der Waals surface area contributed by atoms with Crippen molar-refractivity contribution in [3.8, 4) is 5.75 Å². The minimum absolute atomic E-state index is 0.181. The lowest BCUT2D eigenvalue weighted by Gasteiger charge is -2.08. The molecule has 0 aliphatic rings. The minimum atomic E-state index is -0.255. The Morgan fingerprint density at radius 3 is 2.71 bits per heavy atom. The lowest BCUT2D eigenvalue weighted by atomic mass is 10.1. The lowest BCUT2D eigenvalue weighted by molar-refractivity contribution is -0.115. The Morgan fingerprint density at radius 2 is 1.94 bits per heavy atom. The number of carbonyl (C=O) groups is 2. The van der Waals surface area contributed by atoms with E-state index in [1.54, 1.807) is 31.1 Å². The van der Waals surface area contributed by atoms with Gasteiger partial charge in [0.1, 0.15) is 12.4 Å². The fourth-order valence-electron chi connectivity index (χ4n) is 3.14. The van der Waals surface area contributed by atoms with Gasteiger partial charge in [0.05, 0.1) is 24.9 Å². The fourth-order valence-corrected chi connectivity index (χ4v) is 3.14. The molecule has 0 atom stereocenters. The molecule has 0 saturated heterocycles. The summed E-state index contributed by atoms with van der Waals surface area (Å²) in [5.74, 6) is 0.669. The molecule has 0 aliphatic heterocycles. The number of benzene rings is 1. The van der Waals surface area contributed by atoms with Gasteiger partial charge in [0.2, 0.25) is 5.91 Å². The Kier molecular flexibility index (Phi) is 9.47. The van der Waals surface area contributed by atoms with E-state index >= 15 is 0 Å². The van der Waals surface area contributed by atoms with Gasteiger partial charge in [-0.3, -0.25) is 14.3 Å². The molecule has 2 aromatic heterocycles.